The number of aromatic nitrogens is 2. The average Bonchev–Trinajstić information content (AvgIpc) is 2.55. The molecular weight excluding hydrogens is 300 g/mol. The highest BCUT2D eigenvalue weighted by molar-refractivity contribution is 7.92. The van der Waals surface area contributed by atoms with Crippen LogP contribution in [-0.4, -0.2) is 18.2 Å². The van der Waals surface area contributed by atoms with Gasteiger partial charge in [0.2, 0.25) is 0 Å². The Balaban J connectivity index is 2.46. The topological polar surface area (TPSA) is 90.0 Å². The second-order valence-corrected chi connectivity index (χ2v) is 6.52. The van der Waals surface area contributed by atoms with Crippen molar-refractivity contribution < 1.29 is 8.42 Å². The summed E-state index contributed by atoms with van der Waals surface area (Å²) in [6, 6.07) is 4.27. The minimum absolute atomic E-state index is 0.0176. The highest BCUT2D eigenvalue weighted by Gasteiger charge is 2.21. The van der Waals surface area contributed by atoms with Gasteiger partial charge in [0.05, 0.1) is 22.1 Å². The summed E-state index contributed by atoms with van der Waals surface area (Å²) in [6.45, 7) is 3.51. The normalized spacial score (nSPS) is 11.6. The van der Waals surface area contributed by atoms with Gasteiger partial charge in [-0.05, 0) is 32.0 Å². The van der Waals surface area contributed by atoms with Gasteiger partial charge in [0.1, 0.15) is 4.90 Å². The third-order valence-electron chi connectivity index (χ3n) is 2.99. The Bertz CT molecular complexity index is 768. The van der Waals surface area contributed by atoms with Crippen molar-refractivity contribution in [1.82, 2.24) is 9.78 Å². The van der Waals surface area contributed by atoms with E-state index in [0.717, 1.165) is 5.69 Å². The van der Waals surface area contributed by atoms with Gasteiger partial charge in [-0.15, -0.1) is 0 Å². The Morgan fingerprint density at radius 2 is 2.00 bits per heavy atom. The number of sulfonamides is 1. The van der Waals surface area contributed by atoms with Crippen molar-refractivity contribution in [2.45, 2.75) is 18.7 Å². The molecule has 3 N–H and O–H groups in total. The van der Waals surface area contributed by atoms with Gasteiger partial charge in [0, 0.05) is 12.7 Å². The third-order valence-corrected chi connectivity index (χ3v) is 4.82. The molecule has 20 heavy (non-hydrogen) atoms. The molecule has 6 nitrogen and oxygen atoms in total. The zero-order chi connectivity index (χ0) is 15.1. The van der Waals surface area contributed by atoms with Crippen molar-refractivity contribution in [1.29, 1.82) is 0 Å². The van der Waals surface area contributed by atoms with Gasteiger partial charge in [-0.25, -0.2) is 8.42 Å². The van der Waals surface area contributed by atoms with E-state index in [0.29, 0.717) is 17.1 Å². The van der Waals surface area contributed by atoms with Crippen molar-refractivity contribution in [3.05, 3.63) is 34.6 Å². The maximum absolute atomic E-state index is 12.4. The smallest absolute Gasteiger partial charge is 0.263 e. The largest absolute Gasteiger partial charge is 0.399 e. The van der Waals surface area contributed by atoms with Gasteiger partial charge < -0.3 is 5.73 Å². The van der Waals surface area contributed by atoms with E-state index in [9.17, 15) is 8.42 Å². The molecule has 0 saturated heterocycles. The second kappa shape index (κ2) is 4.99. The van der Waals surface area contributed by atoms with Crippen LogP contribution in [0.3, 0.4) is 0 Å². The molecule has 1 aromatic carbocycles. The van der Waals surface area contributed by atoms with E-state index in [1.165, 1.54) is 18.2 Å². The van der Waals surface area contributed by atoms with Crippen molar-refractivity contribution in [2.75, 3.05) is 10.5 Å². The van der Waals surface area contributed by atoms with Gasteiger partial charge in [0.15, 0.2) is 0 Å². The van der Waals surface area contributed by atoms with E-state index >= 15 is 0 Å². The second-order valence-electron chi connectivity index (χ2n) is 4.46. The van der Waals surface area contributed by atoms with Crippen LogP contribution in [0.5, 0.6) is 0 Å². The Morgan fingerprint density at radius 1 is 1.35 bits per heavy atom. The number of benzene rings is 1. The van der Waals surface area contributed by atoms with E-state index in [1.807, 2.05) is 0 Å². The molecule has 0 saturated carbocycles. The molecule has 0 radical (unpaired) electrons. The number of nitrogens with one attached hydrogen (secondary N) is 1. The number of hydrogen-bond acceptors (Lipinski definition) is 4. The van der Waals surface area contributed by atoms with E-state index < -0.39 is 10.0 Å². The first-order valence-electron chi connectivity index (χ1n) is 5.80. The zero-order valence-corrected chi connectivity index (χ0v) is 12.9. The fourth-order valence-corrected chi connectivity index (χ4v) is 3.58. The van der Waals surface area contributed by atoms with Crippen LogP contribution in [0.1, 0.15) is 11.4 Å². The Kier molecular flexibility index (Phi) is 3.66. The van der Waals surface area contributed by atoms with Crippen LogP contribution in [0.4, 0.5) is 11.4 Å². The molecule has 0 aliphatic heterocycles. The lowest BCUT2D eigenvalue weighted by Crippen LogP contribution is -2.14. The summed E-state index contributed by atoms with van der Waals surface area (Å²) in [4.78, 5) is -0.0176. The van der Waals surface area contributed by atoms with Crippen LogP contribution >= 0.6 is 11.6 Å². The van der Waals surface area contributed by atoms with Crippen LogP contribution in [-0.2, 0) is 17.1 Å². The fourth-order valence-electron chi connectivity index (χ4n) is 1.85. The van der Waals surface area contributed by atoms with E-state index in [2.05, 4.69) is 9.82 Å². The van der Waals surface area contributed by atoms with Gasteiger partial charge in [-0.1, -0.05) is 11.6 Å². The fraction of sp³-hybridized carbons (Fsp3) is 0.250. The van der Waals surface area contributed by atoms with Crippen LogP contribution in [0.25, 0.3) is 0 Å². The zero-order valence-electron chi connectivity index (χ0n) is 11.3. The predicted octanol–water partition coefficient (Wildman–Crippen LogP) is 2.07. The van der Waals surface area contributed by atoms with Crippen molar-refractivity contribution in [2.24, 2.45) is 7.05 Å². The minimum atomic E-state index is -3.78. The first-order valence-corrected chi connectivity index (χ1v) is 7.66. The lowest BCUT2D eigenvalue weighted by Gasteiger charge is -2.10. The third kappa shape index (κ3) is 2.59. The lowest BCUT2D eigenvalue weighted by atomic mass is 10.3. The maximum Gasteiger partial charge on any atom is 0.263 e. The summed E-state index contributed by atoms with van der Waals surface area (Å²) >= 11 is 5.95. The molecule has 0 aliphatic carbocycles. The maximum atomic E-state index is 12.4. The predicted molar refractivity (Wildman–Crippen MR) is 79.4 cm³/mol. The number of anilines is 2. The summed E-state index contributed by atoms with van der Waals surface area (Å²) in [5, 5.41) is 4.24. The van der Waals surface area contributed by atoms with E-state index in [4.69, 9.17) is 17.3 Å². The molecule has 108 valence electrons. The summed E-state index contributed by atoms with van der Waals surface area (Å²) in [5.74, 6) is 0. The highest BCUT2D eigenvalue weighted by atomic mass is 35.5. The molecule has 0 amide bonds. The van der Waals surface area contributed by atoms with Crippen LogP contribution in [0.2, 0.25) is 5.02 Å². The molecule has 2 aromatic rings. The molecule has 0 atom stereocenters. The summed E-state index contributed by atoms with van der Waals surface area (Å²) in [6.07, 6.45) is 0. The number of hydrogen-bond donors (Lipinski definition) is 2. The van der Waals surface area contributed by atoms with Crippen molar-refractivity contribution in [3.63, 3.8) is 0 Å². The van der Waals surface area contributed by atoms with E-state index in [-0.39, 0.29) is 9.92 Å². The minimum Gasteiger partial charge on any atom is -0.399 e. The summed E-state index contributed by atoms with van der Waals surface area (Å²) in [7, 11) is -2.04. The molecule has 1 heterocycles. The molecule has 1 aromatic heterocycles. The first kappa shape index (κ1) is 14.7. The molecule has 0 fully saturated rings. The molecule has 0 aliphatic rings. The Morgan fingerprint density at radius 3 is 2.50 bits per heavy atom. The number of nitrogens with zero attached hydrogens (tertiary/aromatic N) is 2. The molecule has 2 rings (SSSR count). The van der Waals surface area contributed by atoms with Crippen LogP contribution in [0.15, 0.2) is 23.1 Å². The lowest BCUT2D eigenvalue weighted by molar-refractivity contribution is 0.601. The van der Waals surface area contributed by atoms with Crippen molar-refractivity contribution >= 4 is 33.0 Å². The van der Waals surface area contributed by atoms with Crippen LogP contribution in [0, 0.1) is 13.8 Å². The Labute approximate surface area is 122 Å². The number of aryl methyl sites for hydroxylation is 2. The van der Waals surface area contributed by atoms with E-state index in [1.54, 1.807) is 25.6 Å². The highest BCUT2D eigenvalue weighted by Crippen LogP contribution is 2.27. The molecule has 0 unspecified atom stereocenters. The molecule has 0 bridgehead atoms. The van der Waals surface area contributed by atoms with Gasteiger partial charge >= 0.3 is 0 Å². The summed E-state index contributed by atoms with van der Waals surface area (Å²) < 4.78 is 28.9. The summed E-state index contributed by atoms with van der Waals surface area (Å²) in [5.41, 5.74) is 7.74. The number of nitrogens with two attached hydrogens (primary N) is 1. The van der Waals surface area contributed by atoms with Crippen molar-refractivity contribution in [3.8, 4) is 0 Å². The molecule has 8 heteroatoms. The quantitative estimate of drug-likeness (QED) is 0.849. The Hall–Kier alpha value is -1.73. The number of rotatable bonds is 3. The standard InChI is InChI=1S/C12H15ClN4O2S/c1-7-12(8(2)17(3)15-7)16-20(18,19)11-5-4-9(14)6-10(11)13/h4-6,16H,14H2,1-3H3. The van der Waals surface area contributed by atoms with Gasteiger partial charge in [0.25, 0.3) is 10.0 Å². The number of nitrogen functional groups attached to an aromatic ring is 1. The molecule has 0 spiro atoms. The van der Waals surface area contributed by atoms with Crippen LogP contribution < -0.4 is 10.5 Å². The number of halogens is 1. The monoisotopic (exact) mass is 314 g/mol. The van der Waals surface area contributed by atoms with Gasteiger partial charge in [-0.3, -0.25) is 9.40 Å². The SMILES string of the molecule is Cc1nn(C)c(C)c1NS(=O)(=O)c1ccc(N)cc1Cl. The van der Waals surface area contributed by atoms with Gasteiger partial charge in [-0.2, -0.15) is 5.10 Å². The molecular formula is C12H15ClN4O2S. The average molecular weight is 315 g/mol. The first-order chi connectivity index (χ1) is 9.22.